The van der Waals surface area contributed by atoms with Crippen LogP contribution in [0.25, 0.3) is 0 Å². The summed E-state index contributed by atoms with van der Waals surface area (Å²) in [7, 11) is 0. The predicted octanol–water partition coefficient (Wildman–Crippen LogP) is 1.43. The highest BCUT2D eigenvalue weighted by Gasteiger charge is 2.27. The molecule has 0 bridgehead atoms. The fourth-order valence-corrected chi connectivity index (χ4v) is 1.21. The number of amides is 1. The average molecular weight is 198 g/mol. The minimum atomic E-state index is -0.0867. The summed E-state index contributed by atoms with van der Waals surface area (Å²) in [6, 6.07) is 0.522. The first kappa shape index (κ1) is 11.5. The van der Waals surface area contributed by atoms with E-state index in [1.165, 1.54) is 12.8 Å². The van der Waals surface area contributed by atoms with Gasteiger partial charge in [-0.25, -0.2) is 0 Å². The van der Waals surface area contributed by atoms with Crippen LogP contribution < -0.4 is 10.6 Å². The Labute approximate surface area is 86.6 Å². The zero-order valence-electron chi connectivity index (χ0n) is 9.68. The van der Waals surface area contributed by atoms with Gasteiger partial charge in [0, 0.05) is 11.6 Å². The van der Waals surface area contributed by atoms with Gasteiger partial charge in [0.15, 0.2) is 0 Å². The molecule has 0 aromatic rings. The van der Waals surface area contributed by atoms with Crippen LogP contribution in [0, 0.1) is 0 Å². The predicted molar refractivity (Wildman–Crippen MR) is 58.1 cm³/mol. The lowest BCUT2D eigenvalue weighted by molar-refractivity contribution is -0.124. The van der Waals surface area contributed by atoms with Crippen molar-refractivity contribution in [3.05, 3.63) is 0 Å². The highest BCUT2D eigenvalue weighted by Crippen LogP contribution is 2.19. The molecule has 1 fully saturated rings. The molecule has 0 spiro atoms. The van der Waals surface area contributed by atoms with Crippen molar-refractivity contribution in [2.75, 3.05) is 0 Å². The van der Waals surface area contributed by atoms with Crippen LogP contribution >= 0.6 is 0 Å². The van der Waals surface area contributed by atoms with Crippen LogP contribution in [0.15, 0.2) is 0 Å². The first-order valence-electron chi connectivity index (χ1n) is 5.52. The second-order valence-electron chi connectivity index (χ2n) is 4.89. The molecule has 1 unspecified atom stereocenters. The third-order valence-electron chi connectivity index (χ3n) is 2.80. The molecule has 0 saturated heterocycles. The molecular weight excluding hydrogens is 176 g/mol. The summed E-state index contributed by atoms with van der Waals surface area (Å²) in [5.41, 5.74) is -0.0867. The second-order valence-corrected chi connectivity index (χ2v) is 4.89. The fourth-order valence-electron chi connectivity index (χ4n) is 1.21. The molecule has 0 aliphatic heterocycles. The molecule has 1 aliphatic carbocycles. The monoisotopic (exact) mass is 198 g/mol. The summed E-state index contributed by atoms with van der Waals surface area (Å²) in [6.07, 6.45) is 3.39. The molecule has 0 radical (unpaired) electrons. The summed E-state index contributed by atoms with van der Waals surface area (Å²) in [6.45, 7) is 8.11. The van der Waals surface area contributed by atoms with E-state index in [1.54, 1.807) is 0 Å². The third kappa shape index (κ3) is 3.66. The van der Waals surface area contributed by atoms with Gasteiger partial charge in [0.05, 0.1) is 6.04 Å². The normalized spacial score (nSPS) is 19.1. The number of carbonyl (C=O) groups excluding carboxylic acids is 1. The molecule has 2 N–H and O–H groups in total. The van der Waals surface area contributed by atoms with Crippen molar-refractivity contribution in [2.45, 2.75) is 64.6 Å². The molecule has 1 aliphatic rings. The zero-order valence-corrected chi connectivity index (χ0v) is 9.68. The summed E-state index contributed by atoms with van der Waals surface area (Å²) in [4.78, 5) is 11.7. The summed E-state index contributed by atoms with van der Waals surface area (Å²) in [5.74, 6) is 0.115. The van der Waals surface area contributed by atoms with Gasteiger partial charge in [-0.05, 0) is 40.0 Å². The van der Waals surface area contributed by atoms with E-state index in [-0.39, 0.29) is 17.5 Å². The number of hydrogen-bond donors (Lipinski definition) is 2. The van der Waals surface area contributed by atoms with Crippen LogP contribution in [-0.2, 0) is 4.79 Å². The van der Waals surface area contributed by atoms with E-state index < -0.39 is 0 Å². The summed E-state index contributed by atoms with van der Waals surface area (Å²) >= 11 is 0. The van der Waals surface area contributed by atoms with Gasteiger partial charge in [0.1, 0.15) is 0 Å². The van der Waals surface area contributed by atoms with E-state index >= 15 is 0 Å². The molecule has 14 heavy (non-hydrogen) atoms. The number of hydrogen-bond acceptors (Lipinski definition) is 2. The van der Waals surface area contributed by atoms with Crippen LogP contribution in [0.5, 0.6) is 0 Å². The SMILES string of the molecule is CCC(C)(C)NC(=O)C(C)NC1CC1. The average Bonchev–Trinajstić information content (AvgIpc) is 2.87. The van der Waals surface area contributed by atoms with Crippen molar-refractivity contribution in [3.8, 4) is 0 Å². The Balaban J connectivity index is 2.32. The lowest BCUT2D eigenvalue weighted by Crippen LogP contribution is -2.51. The van der Waals surface area contributed by atoms with Crippen molar-refractivity contribution in [3.63, 3.8) is 0 Å². The molecule has 3 heteroatoms. The quantitative estimate of drug-likeness (QED) is 0.701. The van der Waals surface area contributed by atoms with Crippen molar-refractivity contribution >= 4 is 5.91 Å². The molecule has 0 aromatic carbocycles. The molecular formula is C11H22N2O. The topological polar surface area (TPSA) is 41.1 Å². The molecule has 1 rings (SSSR count). The molecule has 1 saturated carbocycles. The Bertz CT molecular complexity index is 209. The zero-order chi connectivity index (χ0) is 10.8. The molecule has 82 valence electrons. The maximum absolute atomic E-state index is 11.7. The van der Waals surface area contributed by atoms with E-state index in [1.807, 2.05) is 6.92 Å². The van der Waals surface area contributed by atoms with Crippen LogP contribution in [-0.4, -0.2) is 23.5 Å². The summed E-state index contributed by atoms with van der Waals surface area (Å²) < 4.78 is 0. The van der Waals surface area contributed by atoms with Gasteiger partial charge in [-0.2, -0.15) is 0 Å². The Hall–Kier alpha value is -0.570. The Morgan fingerprint density at radius 3 is 2.50 bits per heavy atom. The minimum absolute atomic E-state index is 0.0617. The highest BCUT2D eigenvalue weighted by atomic mass is 16.2. The van der Waals surface area contributed by atoms with E-state index in [2.05, 4.69) is 31.4 Å². The van der Waals surface area contributed by atoms with Gasteiger partial charge < -0.3 is 10.6 Å². The fraction of sp³-hybridized carbons (Fsp3) is 0.909. The van der Waals surface area contributed by atoms with Crippen LogP contribution in [0.3, 0.4) is 0 Å². The second kappa shape index (κ2) is 4.30. The van der Waals surface area contributed by atoms with E-state index in [0.29, 0.717) is 6.04 Å². The Morgan fingerprint density at radius 2 is 2.07 bits per heavy atom. The largest absolute Gasteiger partial charge is 0.350 e. The molecule has 3 nitrogen and oxygen atoms in total. The lowest BCUT2D eigenvalue weighted by atomic mass is 10.0. The van der Waals surface area contributed by atoms with Crippen molar-refractivity contribution in [1.82, 2.24) is 10.6 Å². The van der Waals surface area contributed by atoms with Crippen LogP contribution in [0.2, 0.25) is 0 Å². The van der Waals surface area contributed by atoms with Gasteiger partial charge >= 0.3 is 0 Å². The van der Waals surface area contributed by atoms with Gasteiger partial charge in [-0.3, -0.25) is 4.79 Å². The molecule has 0 heterocycles. The smallest absolute Gasteiger partial charge is 0.237 e. The van der Waals surface area contributed by atoms with E-state index in [0.717, 1.165) is 6.42 Å². The number of rotatable bonds is 5. The van der Waals surface area contributed by atoms with Gasteiger partial charge in [0.2, 0.25) is 5.91 Å². The van der Waals surface area contributed by atoms with Crippen molar-refractivity contribution < 1.29 is 4.79 Å². The number of carbonyl (C=O) groups is 1. The van der Waals surface area contributed by atoms with Crippen molar-refractivity contribution in [1.29, 1.82) is 0 Å². The first-order valence-corrected chi connectivity index (χ1v) is 5.52. The number of nitrogens with one attached hydrogen (secondary N) is 2. The molecule has 1 atom stereocenters. The minimum Gasteiger partial charge on any atom is -0.350 e. The maximum atomic E-state index is 11.7. The molecule has 0 aromatic heterocycles. The Morgan fingerprint density at radius 1 is 1.50 bits per heavy atom. The third-order valence-corrected chi connectivity index (χ3v) is 2.80. The van der Waals surface area contributed by atoms with Gasteiger partial charge in [0.25, 0.3) is 0 Å². The van der Waals surface area contributed by atoms with Crippen molar-refractivity contribution in [2.24, 2.45) is 0 Å². The van der Waals surface area contributed by atoms with Crippen LogP contribution in [0.1, 0.15) is 47.0 Å². The van der Waals surface area contributed by atoms with Crippen LogP contribution in [0.4, 0.5) is 0 Å². The van der Waals surface area contributed by atoms with E-state index in [4.69, 9.17) is 0 Å². The Kier molecular flexibility index (Phi) is 3.53. The van der Waals surface area contributed by atoms with Gasteiger partial charge in [-0.1, -0.05) is 6.92 Å². The maximum Gasteiger partial charge on any atom is 0.237 e. The standard InChI is InChI=1S/C11H22N2O/c1-5-11(3,4)13-10(14)8(2)12-9-6-7-9/h8-9,12H,5-7H2,1-4H3,(H,13,14). The molecule has 1 amide bonds. The lowest BCUT2D eigenvalue weighted by Gasteiger charge is -2.26. The van der Waals surface area contributed by atoms with Gasteiger partial charge in [-0.15, -0.1) is 0 Å². The van der Waals surface area contributed by atoms with E-state index in [9.17, 15) is 4.79 Å². The highest BCUT2D eigenvalue weighted by molar-refractivity contribution is 5.82. The summed E-state index contributed by atoms with van der Waals surface area (Å²) in [5, 5.41) is 6.33. The first-order chi connectivity index (χ1) is 6.44.